The summed E-state index contributed by atoms with van der Waals surface area (Å²) in [6.07, 6.45) is 2.74. The Morgan fingerprint density at radius 2 is 1.77 bits per heavy atom. The van der Waals surface area contributed by atoms with Crippen molar-refractivity contribution in [2.45, 2.75) is 24.2 Å². The van der Waals surface area contributed by atoms with Crippen LogP contribution in [0.25, 0.3) is 10.2 Å². The number of nitrogens with one attached hydrogen (secondary N) is 1. The number of anilines is 1. The molecule has 8 nitrogen and oxygen atoms in total. The van der Waals surface area contributed by atoms with E-state index in [1.807, 2.05) is 0 Å². The highest BCUT2D eigenvalue weighted by Crippen LogP contribution is 2.36. The summed E-state index contributed by atoms with van der Waals surface area (Å²) < 4.78 is 38.7. The number of fused-ring (bicyclic) bond motifs is 1. The zero-order valence-electron chi connectivity index (χ0n) is 17.3. The minimum atomic E-state index is -3.61. The van der Waals surface area contributed by atoms with E-state index in [1.54, 1.807) is 38.5 Å². The molecule has 0 spiro atoms. The van der Waals surface area contributed by atoms with Crippen LogP contribution in [0.15, 0.2) is 41.3 Å². The summed E-state index contributed by atoms with van der Waals surface area (Å²) in [6, 6.07) is 9.65. The number of carbonyl (C=O) groups excluding carboxylic acids is 1. The van der Waals surface area contributed by atoms with Gasteiger partial charge in [-0.1, -0.05) is 23.8 Å². The third-order valence-electron chi connectivity index (χ3n) is 5.16. The largest absolute Gasteiger partial charge is 0.493 e. The maximum absolute atomic E-state index is 12.9. The van der Waals surface area contributed by atoms with Gasteiger partial charge in [0.15, 0.2) is 16.6 Å². The van der Waals surface area contributed by atoms with Crippen molar-refractivity contribution in [2.75, 3.05) is 32.6 Å². The molecule has 164 valence electrons. The number of sulfonamides is 1. The lowest BCUT2D eigenvalue weighted by Crippen LogP contribution is -2.35. The fourth-order valence-corrected chi connectivity index (χ4v) is 5.96. The summed E-state index contributed by atoms with van der Waals surface area (Å²) >= 11 is 1.30. The SMILES string of the molecule is COc1cc2nc(NC(=O)c3cccc(S(=O)(=O)N4CCCCC4)c3)sc2cc1OC. The molecule has 0 unspecified atom stereocenters. The Kier molecular flexibility index (Phi) is 6.12. The van der Waals surface area contributed by atoms with E-state index in [0.29, 0.717) is 35.2 Å². The van der Waals surface area contributed by atoms with Crippen LogP contribution in [0.1, 0.15) is 29.6 Å². The van der Waals surface area contributed by atoms with Crippen LogP contribution >= 0.6 is 11.3 Å². The second-order valence-electron chi connectivity index (χ2n) is 7.14. The summed E-state index contributed by atoms with van der Waals surface area (Å²) in [4.78, 5) is 17.3. The Hall–Kier alpha value is -2.69. The van der Waals surface area contributed by atoms with Gasteiger partial charge < -0.3 is 9.47 Å². The lowest BCUT2D eigenvalue weighted by molar-refractivity contribution is 0.102. The molecule has 3 aromatic rings. The fourth-order valence-electron chi connectivity index (χ4n) is 3.53. The van der Waals surface area contributed by atoms with E-state index in [4.69, 9.17) is 9.47 Å². The zero-order valence-corrected chi connectivity index (χ0v) is 18.9. The normalized spacial score (nSPS) is 15.0. The molecule has 0 atom stereocenters. The number of nitrogens with zero attached hydrogens (tertiary/aromatic N) is 2. The number of benzene rings is 2. The van der Waals surface area contributed by atoms with E-state index in [1.165, 1.54) is 27.8 Å². The van der Waals surface area contributed by atoms with Crippen LogP contribution < -0.4 is 14.8 Å². The Bertz CT molecular complexity index is 1180. The Balaban J connectivity index is 1.57. The average Bonchev–Trinajstić information content (AvgIpc) is 3.19. The molecule has 10 heteroatoms. The van der Waals surface area contributed by atoms with Gasteiger partial charge in [-0.2, -0.15) is 4.31 Å². The van der Waals surface area contributed by atoms with Crippen molar-refractivity contribution in [1.82, 2.24) is 9.29 Å². The third-order valence-corrected chi connectivity index (χ3v) is 7.99. The van der Waals surface area contributed by atoms with Crippen molar-refractivity contribution in [1.29, 1.82) is 0 Å². The van der Waals surface area contributed by atoms with Crippen LogP contribution in [-0.2, 0) is 10.0 Å². The second kappa shape index (κ2) is 8.81. The summed E-state index contributed by atoms with van der Waals surface area (Å²) in [5.74, 6) is 0.703. The number of carbonyl (C=O) groups is 1. The number of ether oxygens (including phenoxy) is 2. The van der Waals surface area contributed by atoms with Gasteiger partial charge in [-0.3, -0.25) is 10.1 Å². The molecule has 1 amide bonds. The molecular formula is C21H23N3O5S2. The maximum Gasteiger partial charge on any atom is 0.257 e. The lowest BCUT2D eigenvalue weighted by Gasteiger charge is -2.26. The van der Waals surface area contributed by atoms with Gasteiger partial charge in [0.2, 0.25) is 10.0 Å². The van der Waals surface area contributed by atoms with Crippen LogP contribution in [0.4, 0.5) is 5.13 Å². The van der Waals surface area contributed by atoms with Crippen molar-refractivity contribution in [3.05, 3.63) is 42.0 Å². The number of piperidine rings is 1. The predicted octanol–water partition coefficient (Wildman–Crippen LogP) is 3.74. The molecule has 4 rings (SSSR count). The Labute approximate surface area is 184 Å². The van der Waals surface area contributed by atoms with Gasteiger partial charge in [-0.25, -0.2) is 13.4 Å². The maximum atomic E-state index is 12.9. The van der Waals surface area contributed by atoms with E-state index in [0.717, 1.165) is 24.0 Å². The lowest BCUT2D eigenvalue weighted by atomic mass is 10.2. The van der Waals surface area contributed by atoms with Gasteiger partial charge in [0.1, 0.15) is 0 Å². The minimum Gasteiger partial charge on any atom is -0.493 e. The predicted molar refractivity (Wildman–Crippen MR) is 120 cm³/mol. The van der Waals surface area contributed by atoms with E-state index in [2.05, 4.69) is 10.3 Å². The molecular weight excluding hydrogens is 438 g/mol. The third kappa shape index (κ3) is 4.36. The first-order valence-corrected chi connectivity index (χ1v) is 12.1. The zero-order chi connectivity index (χ0) is 22.0. The fraction of sp³-hybridized carbons (Fsp3) is 0.333. The number of rotatable bonds is 6. The van der Waals surface area contributed by atoms with E-state index >= 15 is 0 Å². The van der Waals surface area contributed by atoms with Crippen molar-refractivity contribution in [2.24, 2.45) is 0 Å². The molecule has 0 aliphatic carbocycles. The van der Waals surface area contributed by atoms with Gasteiger partial charge in [-0.05, 0) is 31.0 Å². The molecule has 31 heavy (non-hydrogen) atoms. The summed E-state index contributed by atoms with van der Waals surface area (Å²) in [5, 5.41) is 3.16. The van der Waals surface area contributed by atoms with Gasteiger partial charge in [0, 0.05) is 30.8 Å². The van der Waals surface area contributed by atoms with Crippen molar-refractivity contribution in [3.8, 4) is 11.5 Å². The average molecular weight is 462 g/mol. The molecule has 1 saturated heterocycles. The minimum absolute atomic E-state index is 0.126. The first-order valence-electron chi connectivity index (χ1n) is 9.86. The second-order valence-corrected chi connectivity index (χ2v) is 10.1. The van der Waals surface area contributed by atoms with Crippen LogP contribution in [0, 0.1) is 0 Å². The molecule has 1 aromatic heterocycles. The van der Waals surface area contributed by atoms with Gasteiger partial charge in [0.25, 0.3) is 5.91 Å². The molecule has 0 radical (unpaired) electrons. The van der Waals surface area contributed by atoms with Gasteiger partial charge in [-0.15, -0.1) is 0 Å². The number of hydrogen-bond donors (Lipinski definition) is 1. The molecule has 1 aliphatic rings. The topological polar surface area (TPSA) is 97.8 Å². The summed E-state index contributed by atoms with van der Waals surface area (Å²) in [6.45, 7) is 1.02. The molecule has 0 bridgehead atoms. The molecule has 1 N–H and O–H groups in total. The van der Waals surface area contributed by atoms with E-state index < -0.39 is 15.9 Å². The number of hydrogen-bond acceptors (Lipinski definition) is 7. The highest BCUT2D eigenvalue weighted by atomic mass is 32.2. The first-order chi connectivity index (χ1) is 14.9. The molecule has 2 aromatic carbocycles. The van der Waals surface area contributed by atoms with E-state index in [-0.39, 0.29) is 10.5 Å². The van der Waals surface area contributed by atoms with Gasteiger partial charge in [0.05, 0.1) is 29.3 Å². The first kappa shape index (κ1) is 21.5. The van der Waals surface area contributed by atoms with E-state index in [9.17, 15) is 13.2 Å². The van der Waals surface area contributed by atoms with Crippen LogP contribution in [0.5, 0.6) is 11.5 Å². The van der Waals surface area contributed by atoms with Crippen molar-refractivity contribution < 1.29 is 22.7 Å². The van der Waals surface area contributed by atoms with Gasteiger partial charge >= 0.3 is 0 Å². The summed E-state index contributed by atoms with van der Waals surface area (Å²) in [7, 11) is -0.515. The monoisotopic (exact) mass is 461 g/mol. The standard InChI is InChI=1S/C21H23N3O5S2/c1-28-17-12-16-19(13-18(17)29-2)30-21(22-16)23-20(25)14-7-6-8-15(11-14)31(26,27)24-9-4-3-5-10-24/h6-8,11-13H,3-5,9-10H2,1-2H3,(H,22,23,25). The Morgan fingerprint density at radius 3 is 2.48 bits per heavy atom. The van der Waals surface area contributed by atoms with Crippen LogP contribution in [-0.4, -0.2) is 50.9 Å². The Morgan fingerprint density at radius 1 is 1.06 bits per heavy atom. The number of amides is 1. The van der Waals surface area contributed by atoms with Crippen molar-refractivity contribution >= 4 is 42.6 Å². The number of methoxy groups -OCH3 is 2. The highest BCUT2D eigenvalue weighted by molar-refractivity contribution is 7.89. The molecule has 0 saturated carbocycles. The quantitative estimate of drug-likeness (QED) is 0.601. The van der Waals surface area contributed by atoms with Crippen molar-refractivity contribution in [3.63, 3.8) is 0 Å². The molecule has 1 fully saturated rings. The number of aromatic nitrogens is 1. The smallest absolute Gasteiger partial charge is 0.257 e. The summed E-state index contributed by atoms with van der Waals surface area (Å²) in [5.41, 5.74) is 0.923. The van der Waals surface area contributed by atoms with Crippen LogP contribution in [0.3, 0.4) is 0 Å². The highest BCUT2D eigenvalue weighted by Gasteiger charge is 2.26. The number of thiazole rings is 1. The van der Waals surface area contributed by atoms with Crippen LogP contribution in [0.2, 0.25) is 0 Å². The molecule has 1 aliphatic heterocycles. The molecule has 2 heterocycles.